The standard InChI is InChI=1S/C17H22N2O2/c1-21-15-4-2-3-12(7-15)17(20)18-16-13-5-11-6-14(16)10-19(8-11)9-13/h2-4,7,11,13-14,16H,5-6,8-10H2,1H3,(H,18,20). The molecule has 0 aromatic heterocycles. The summed E-state index contributed by atoms with van der Waals surface area (Å²) in [5.74, 6) is 2.93. The largest absolute Gasteiger partial charge is 0.497 e. The Labute approximate surface area is 125 Å². The summed E-state index contributed by atoms with van der Waals surface area (Å²) in [5.41, 5.74) is 0.698. The number of hydrogen-bond donors (Lipinski definition) is 1. The first kappa shape index (κ1) is 13.1. The minimum atomic E-state index is 0.0429. The van der Waals surface area contributed by atoms with Crippen molar-refractivity contribution in [2.24, 2.45) is 17.8 Å². The molecule has 3 saturated heterocycles. The fourth-order valence-corrected chi connectivity index (χ4v) is 4.64. The SMILES string of the molecule is COc1cccc(C(=O)NC2C3CC4CC2CN(C4)C3)c1. The summed E-state index contributed by atoms with van der Waals surface area (Å²) >= 11 is 0. The van der Waals surface area contributed by atoms with Crippen LogP contribution in [0.3, 0.4) is 0 Å². The van der Waals surface area contributed by atoms with Crippen molar-refractivity contribution >= 4 is 5.91 Å². The van der Waals surface area contributed by atoms with Gasteiger partial charge in [-0.3, -0.25) is 4.79 Å². The van der Waals surface area contributed by atoms with Crippen molar-refractivity contribution in [3.8, 4) is 5.75 Å². The maximum absolute atomic E-state index is 12.5. The maximum Gasteiger partial charge on any atom is 0.251 e. The molecular formula is C17H22N2O2. The molecule has 1 amide bonds. The number of benzene rings is 1. The van der Waals surface area contributed by atoms with Crippen LogP contribution in [0.4, 0.5) is 0 Å². The fraction of sp³-hybridized carbons (Fsp3) is 0.588. The predicted octanol–water partition coefficient (Wildman–Crippen LogP) is 1.77. The molecular weight excluding hydrogens is 264 g/mol. The quantitative estimate of drug-likeness (QED) is 0.920. The van der Waals surface area contributed by atoms with Gasteiger partial charge in [0.2, 0.25) is 0 Å². The van der Waals surface area contributed by atoms with Gasteiger partial charge in [0, 0.05) is 31.2 Å². The summed E-state index contributed by atoms with van der Waals surface area (Å²) < 4.78 is 5.20. The van der Waals surface area contributed by atoms with Crippen molar-refractivity contribution in [2.75, 3.05) is 26.7 Å². The molecule has 5 rings (SSSR count). The van der Waals surface area contributed by atoms with Crippen molar-refractivity contribution in [3.05, 3.63) is 29.8 Å². The lowest BCUT2D eigenvalue weighted by Crippen LogP contribution is -2.64. The number of hydrogen-bond acceptors (Lipinski definition) is 3. The van der Waals surface area contributed by atoms with E-state index in [1.54, 1.807) is 7.11 Å². The molecule has 0 radical (unpaired) electrons. The van der Waals surface area contributed by atoms with E-state index in [-0.39, 0.29) is 5.91 Å². The molecule has 1 aromatic carbocycles. The van der Waals surface area contributed by atoms with Gasteiger partial charge in [-0.05, 0) is 48.8 Å². The number of piperidine rings is 3. The van der Waals surface area contributed by atoms with E-state index >= 15 is 0 Å². The smallest absolute Gasteiger partial charge is 0.251 e. The Morgan fingerprint density at radius 3 is 2.67 bits per heavy atom. The average Bonchev–Trinajstić information content (AvgIpc) is 2.50. The van der Waals surface area contributed by atoms with Crippen molar-refractivity contribution < 1.29 is 9.53 Å². The molecule has 4 bridgehead atoms. The van der Waals surface area contributed by atoms with Gasteiger partial charge in [0.05, 0.1) is 7.11 Å². The van der Waals surface area contributed by atoms with E-state index in [9.17, 15) is 4.79 Å². The average molecular weight is 286 g/mol. The van der Waals surface area contributed by atoms with E-state index in [1.807, 2.05) is 24.3 Å². The second-order valence-corrected chi connectivity index (χ2v) is 6.81. The summed E-state index contributed by atoms with van der Waals surface area (Å²) in [6, 6.07) is 7.77. The topological polar surface area (TPSA) is 41.6 Å². The lowest BCUT2D eigenvalue weighted by atomic mass is 9.65. The zero-order valence-electron chi connectivity index (χ0n) is 12.4. The van der Waals surface area contributed by atoms with Gasteiger partial charge < -0.3 is 15.0 Å². The highest BCUT2D eigenvalue weighted by Gasteiger charge is 2.47. The molecule has 3 heterocycles. The van der Waals surface area contributed by atoms with Crippen LogP contribution in [0.2, 0.25) is 0 Å². The molecule has 1 aliphatic carbocycles. The number of carbonyl (C=O) groups is 1. The Bertz CT molecular complexity index is 529. The van der Waals surface area contributed by atoms with Crippen LogP contribution >= 0.6 is 0 Å². The van der Waals surface area contributed by atoms with E-state index in [2.05, 4.69) is 10.2 Å². The first-order valence-electron chi connectivity index (χ1n) is 7.90. The molecule has 0 spiro atoms. The van der Waals surface area contributed by atoms with E-state index < -0.39 is 0 Å². The highest BCUT2D eigenvalue weighted by atomic mass is 16.5. The van der Waals surface area contributed by atoms with Crippen LogP contribution in [-0.2, 0) is 0 Å². The second-order valence-electron chi connectivity index (χ2n) is 6.81. The third-order valence-corrected chi connectivity index (χ3v) is 5.42. The van der Waals surface area contributed by atoms with Gasteiger partial charge in [0.25, 0.3) is 5.91 Å². The van der Waals surface area contributed by atoms with Crippen LogP contribution in [0.15, 0.2) is 24.3 Å². The molecule has 1 N–H and O–H groups in total. The summed E-state index contributed by atoms with van der Waals surface area (Å²) in [6.45, 7) is 3.61. The maximum atomic E-state index is 12.5. The van der Waals surface area contributed by atoms with Gasteiger partial charge in [-0.2, -0.15) is 0 Å². The number of ether oxygens (including phenoxy) is 1. The molecule has 4 heteroatoms. The van der Waals surface area contributed by atoms with E-state index in [0.717, 1.165) is 24.8 Å². The number of amides is 1. The lowest BCUT2D eigenvalue weighted by molar-refractivity contribution is -0.0418. The molecule has 4 aliphatic rings. The first-order chi connectivity index (χ1) is 10.2. The zero-order valence-corrected chi connectivity index (χ0v) is 12.4. The number of nitrogens with one attached hydrogen (secondary N) is 1. The van der Waals surface area contributed by atoms with Gasteiger partial charge in [-0.25, -0.2) is 0 Å². The van der Waals surface area contributed by atoms with Crippen molar-refractivity contribution in [1.82, 2.24) is 10.2 Å². The van der Waals surface area contributed by atoms with Gasteiger partial charge in [-0.1, -0.05) is 6.07 Å². The molecule has 1 aromatic rings. The number of carbonyl (C=O) groups excluding carboxylic acids is 1. The van der Waals surface area contributed by atoms with Crippen LogP contribution in [0.25, 0.3) is 0 Å². The van der Waals surface area contributed by atoms with E-state index in [1.165, 1.54) is 19.4 Å². The molecule has 112 valence electrons. The van der Waals surface area contributed by atoms with Gasteiger partial charge in [-0.15, -0.1) is 0 Å². The van der Waals surface area contributed by atoms with Crippen LogP contribution in [0.1, 0.15) is 23.2 Å². The highest BCUT2D eigenvalue weighted by Crippen LogP contribution is 2.43. The Morgan fingerprint density at radius 1 is 1.24 bits per heavy atom. The minimum absolute atomic E-state index is 0.0429. The molecule has 3 aliphatic heterocycles. The fourth-order valence-electron chi connectivity index (χ4n) is 4.64. The van der Waals surface area contributed by atoms with Crippen molar-refractivity contribution in [1.29, 1.82) is 0 Å². The van der Waals surface area contributed by atoms with E-state index in [0.29, 0.717) is 23.4 Å². The highest BCUT2D eigenvalue weighted by molar-refractivity contribution is 5.94. The third-order valence-electron chi connectivity index (χ3n) is 5.42. The minimum Gasteiger partial charge on any atom is -0.497 e. The van der Waals surface area contributed by atoms with E-state index in [4.69, 9.17) is 4.74 Å². The Balaban J connectivity index is 1.49. The normalized spacial score (nSPS) is 36.5. The lowest BCUT2D eigenvalue weighted by Gasteiger charge is -2.55. The summed E-state index contributed by atoms with van der Waals surface area (Å²) in [6.07, 6.45) is 2.58. The van der Waals surface area contributed by atoms with Crippen molar-refractivity contribution in [3.63, 3.8) is 0 Å². The van der Waals surface area contributed by atoms with Gasteiger partial charge in [0.1, 0.15) is 5.75 Å². The second kappa shape index (κ2) is 5.02. The van der Waals surface area contributed by atoms with Crippen LogP contribution < -0.4 is 10.1 Å². The molecule has 1 saturated carbocycles. The molecule has 2 atom stereocenters. The monoisotopic (exact) mass is 286 g/mol. The Hall–Kier alpha value is -1.55. The third kappa shape index (κ3) is 2.31. The zero-order chi connectivity index (χ0) is 14.4. The molecule has 2 unspecified atom stereocenters. The summed E-state index contributed by atoms with van der Waals surface area (Å²) in [4.78, 5) is 15.1. The molecule has 4 nitrogen and oxygen atoms in total. The number of rotatable bonds is 3. The van der Waals surface area contributed by atoms with Crippen LogP contribution in [0.5, 0.6) is 5.75 Å². The molecule has 4 fully saturated rings. The Kier molecular flexibility index (Phi) is 3.14. The summed E-state index contributed by atoms with van der Waals surface area (Å²) in [5, 5.41) is 3.31. The number of methoxy groups -OCH3 is 1. The van der Waals surface area contributed by atoms with Crippen LogP contribution in [-0.4, -0.2) is 43.6 Å². The number of nitrogens with zero attached hydrogens (tertiary/aromatic N) is 1. The molecule has 21 heavy (non-hydrogen) atoms. The first-order valence-corrected chi connectivity index (χ1v) is 7.90. The summed E-state index contributed by atoms with van der Waals surface area (Å²) in [7, 11) is 1.63. The van der Waals surface area contributed by atoms with Gasteiger partial charge in [0.15, 0.2) is 0 Å². The Morgan fingerprint density at radius 2 is 2.00 bits per heavy atom. The van der Waals surface area contributed by atoms with Crippen molar-refractivity contribution in [2.45, 2.75) is 18.9 Å². The predicted molar refractivity (Wildman–Crippen MR) is 80.4 cm³/mol. The van der Waals surface area contributed by atoms with Crippen LogP contribution in [0, 0.1) is 17.8 Å². The van der Waals surface area contributed by atoms with Gasteiger partial charge >= 0.3 is 0 Å².